The minimum Gasteiger partial charge on any atom is -0.481 e. The monoisotopic (exact) mass is 144 g/mol. The average Bonchev–Trinajstić information content (AvgIpc) is 1.88. The van der Waals surface area contributed by atoms with E-state index in [1.165, 1.54) is 0 Å². The van der Waals surface area contributed by atoms with Gasteiger partial charge < -0.3 is 9.84 Å². The Morgan fingerprint density at radius 1 is 1.70 bits per heavy atom. The van der Waals surface area contributed by atoms with Gasteiger partial charge in [-0.2, -0.15) is 0 Å². The lowest BCUT2D eigenvalue weighted by atomic mass is 9.90. The summed E-state index contributed by atoms with van der Waals surface area (Å²) in [4.78, 5) is 10.5. The molecule has 0 aromatic heterocycles. The number of carboxylic acids is 1. The highest BCUT2D eigenvalue weighted by Crippen LogP contribution is 2.20. The fraction of sp³-hybridized carbons (Fsp3) is 0.857. The molecule has 0 amide bonds. The predicted molar refractivity (Wildman–Crippen MR) is 35.7 cm³/mol. The summed E-state index contributed by atoms with van der Waals surface area (Å²) in [6.07, 6.45) is 0.872. The Kier molecular flexibility index (Phi) is 2.27. The number of hydrogen-bond acceptors (Lipinski definition) is 2. The molecule has 1 aliphatic rings. The van der Waals surface area contributed by atoms with Gasteiger partial charge in [-0.1, -0.05) is 6.92 Å². The smallest absolute Gasteiger partial charge is 0.309 e. The van der Waals surface area contributed by atoms with Crippen molar-refractivity contribution in [2.75, 3.05) is 13.2 Å². The zero-order valence-electron chi connectivity index (χ0n) is 6.04. The van der Waals surface area contributed by atoms with Crippen LogP contribution in [-0.2, 0) is 9.53 Å². The molecular weight excluding hydrogens is 132 g/mol. The van der Waals surface area contributed by atoms with E-state index in [9.17, 15) is 4.79 Å². The zero-order chi connectivity index (χ0) is 7.56. The number of carbonyl (C=O) groups is 1. The van der Waals surface area contributed by atoms with E-state index in [0.29, 0.717) is 13.2 Å². The third-order valence-corrected chi connectivity index (χ3v) is 2.02. The second-order valence-electron chi connectivity index (χ2n) is 2.79. The summed E-state index contributed by atoms with van der Waals surface area (Å²) in [6.45, 7) is 3.06. The van der Waals surface area contributed by atoms with Crippen molar-refractivity contribution in [1.29, 1.82) is 0 Å². The molecule has 1 aliphatic heterocycles. The number of carboxylic acid groups (broad SMARTS) is 1. The van der Waals surface area contributed by atoms with Crippen LogP contribution in [-0.4, -0.2) is 24.3 Å². The van der Waals surface area contributed by atoms with Gasteiger partial charge in [-0.3, -0.25) is 4.79 Å². The largest absolute Gasteiger partial charge is 0.481 e. The number of rotatable bonds is 1. The molecule has 58 valence electrons. The van der Waals surface area contributed by atoms with Crippen LogP contribution in [0.2, 0.25) is 0 Å². The molecule has 0 spiro atoms. The molecule has 0 saturated carbocycles. The summed E-state index contributed by atoms with van der Waals surface area (Å²) in [5, 5.41) is 8.63. The first-order chi connectivity index (χ1) is 4.72. The van der Waals surface area contributed by atoms with Crippen LogP contribution in [0.1, 0.15) is 13.3 Å². The molecule has 2 atom stereocenters. The Morgan fingerprint density at radius 2 is 2.40 bits per heavy atom. The normalized spacial score (nSPS) is 33.7. The fourth-order valence-electron chi connectivity index (χ4n) is 1.16. The highest BCUT2D eigenvalue weighted by molar-refractivity contribution is 5.70. The highest BCUT2D eigenvalue weighted by atomic mass is 16.5. The van der Waals surface area contributed by atoms with Crippen molar-refractivity contribution in [1.82, 2.24) is 0 Å². The first-order valence-corrected chi connectivity index (χ1v) is 3.52. The Labute approximate surface area is 60.0 Å². The van der Waals surface area contributed by atoms with Crippen LogP contribution in [0.4, 0.5) is 0 Å². The standard InChI is InChI=1S/C7H12O3/c1-5-2-3-10-4-6(5)7(8)9/h5-6H,2-4H2,1H3,(H,8,9)/t5-,6-/m1/s1. The van der Waals surface area contributed by atoms with Crippen LogP contribution in [0.3, 0.4) is 0 Å². The van der Waals surface area contributed by atoms with E-state index in [-0.39, 0.29) is 11.8 Å². The van der Waals surface area contributed by atoms with Crippen molar-refractivity contribution in [3.05, 3.63) is 0 Å². The van der Waals surface area contributed by atoms with E-state index in [2.05, 4.69) is 0 Å². The zero-order valence-corrected chi connectivity index (χ0v) is 6.04. The summed E-state index contributed by atoms with van der Waals surface area (Å²) in [6, 6.07) is 0. The molecule has 3 heteroatoms. The fourth-order valence-corrected chi connectivity index (χ4v) is 1.16. The highest BCUT2D eigenvalue weighted by Gasteiger charge is 2.27. The van der Waals surface area contributed by atoms with Gasteiger partial charge in [0.2, 0.25) is 0 Å². The van der Waals surface area contributed by atoms with E-state index in [1.807, 2.05) is 6.92 Å². The topological polar surface area (TPSA) is 46.5 Å². The molecule has 1 rings (SSSR count). The Morgan fingerprint density at radius 3 is 2.80 bits per heavy atom. The Bertz CT molecular complexity index is 133. The lowest BCUT2D eigenvalue weighted by molar-refractivity contribution is -0.148. The maximum Gasteiger partial charge on any atom is 0.309 e. The van der Waals surface area contributed by atoms with Gasteiger partial charge in [0.05, 0.1) is 12.5 Å². The maximum absolute atomic E-state index is 10.5. The van der Waals surface area contributed by atoms with Gasteiger partial charge in [-0.25, -0.2) is 0 Å². The SMILES string of the molecule is C[C@@H]1CCOC[C@H]1C(=O)O. The van der Waals surface area contributed by atoms with Crippen molar-refractivity contribution in [2.45, 2.75) is 13.3 Å². The predicted octanol–water partition coefficient (Wildman–Crippen LogP) is 0.744. The van der Waals surface area contributed by atoms with Crippen LogP contribution in [0, 0.1) is 11.8 Å². The molecule has 0 unspecified atom stereocenters. The quantitative estimate of drug-likeness (QED) is 0.590. The molecule has 0 aromatic carbocycles. The van der Waals surface area contributed by atoms with Crippen LogP contribution < -0.4 is 0 Å². The van der Waals surface area contributed by atoms with Crippen molar-refractivity contribution in [3.8, 4) is 0 Å². The summed E-state index contributed by atoms with van der Waals surface area (Å²) in [5.41, 5.74) is 0. The van der Waals surface area contributed by atoms with Gasteiger partial charge in [0, 0.05) is 6.61 Å². The minimum atomic E-state index is -0.729. The molecule has 0 aliphatic carbocycles. The van der Waals surface area contributed by atoms with E-state index >= 15 is 0 Å². The molecule has 1 fully saturated rings. The van der Waals surface area contributed by atoms with E-state index in [0.717, 1.165) is 6.42 Å². The second kappa shape index (κ2) is 3.01. The maximum atomic E-state index is 10.5. The third-order valence-electron chi connectivity index (χ3n) is 2.02. The van der Waals surface area contributed by atoms with E-state index in [1.54, 1.807) is 0 Å². The molecule has 10 heavy (non-hydrogen) atoms. The van der Waals surface area contributed by atoms with E-state index < -0.39 is 5.97 Å². The number of aliphatic carboxylic acids is 1. The van der Waals surface area contributed by atoms with Gasteiger partial charge in [-0.05, 0) is 12.3 Å². The molecule has 3 nitrogen and oxygen atoms in total. The van der Waals surface area contributed by atoms with Gasteiger partial charge >= 0.3 is 5.97 Å². The molecular formula is C7H12O3. The van der Waals surface area contributed by atoms with Crippen LogP contribution in [0.25, 0.3) is 0 Å². The second-order valence-corrected chi connectivity index (χ2v) is 2.79. The van der Waals surface area contributed by atoms with Crippen molar-refractivity contribution < 1.29 is 14.6 Å². The van der Waals surface area contributed by atoms with Crippen molar-refractivity contribution in [2.24, 2.45) is 11.8 Å². The van der Waals surface area contributed by atoms with Crippen LogP contribution in [0.15, 0.2) is 0 Å². The summed E-state index contributed by atoms with van der Waals surface area (Å²) >= 11 is 0. The van der Waals surface area contributed by atoms with Crippen molar-refractivity contribution >= 4 is 5.97 Å². The molecule has 1 heterocycles. The van der Waals surface area contributed by atoms with Gasteiger partial charge in [0.1, 0.15) is 0 Å². The lowest BCUT2D eigenvalue weighted by Crippen LogP contribution is -2.31. The van der Waals surface area contributed by atoms with E-state index in [4.69, 9.17) is 9.84 Å². The average molecular weight is 144 g/mol. The first-order valence-electron chi connectivity index (χ1n) is 3.52. The van der Waals surface area contributed by atoms with Gasteiger partial charge in [0.15, 0.2) is 0 Å². The van der Waals surface area contributed by atoms with Crippen LogP contribution in [0.5, 0.6) is 0 Å². The van der Waals surface area contributed by atoms with Crippen molar-refractivity contribution in [3.63, 3.8) is 0 Å². The molecule has 0 radical (unpaired) electrons. The summed E-state index contributed by atoms with van der Waals surface area (Å²) < 4.78 is 5.03. The number of ether oxygens (including phenoxy) is 1. The van der Waals surface area contributed by atoms with Gasteiger partial charge in [0.25, 0.3) is 0 Å². The van der Waals surface area contributed by atoms with Gasteiger partial charge in [-0.15, -0.1) is 0 Å². The minimum absolute atomic E-state index is 0.270. The molecule has 1 N–H and O–H groups in total. The molecule has 0 aromatic rings. The summed E-state index contributed by atoms with van der Waals surface area (Å²) in [5.74, 6) is -0.743. The molecule has 0 bridgehead atoms. The molecule has 1 saturated heterocycles. The first kappa shape index (κ1) is 7.54. The lowest BCUT2D eigenvalue weighted by Gasteiger charge is -2.24. The Balaban J connectivity index is 2.47. The summed E-state index contributed by atoms with van der Waals surface area (Å²) in [7, 11) is 0. The number of hydrogen-bond donors (Lipinski definition) is 1. The van der Waals surface area contributed by atoms with Crippen LogP contribution >= 0.6 is 0 Å². The Hall–Kier alpha value is -0.570. The third kappa shape index (κ3) is 1.48.